The normalized spacial score (nSPS) is 42.3. The Labute approximate surface area is 86.6 Å². The SMILES string of the molecule is O=C(Cl)C1CC2CC1CC2C(=O)Cl. The number of hydrogen-bond acceptors (Lipinski definition) is 2. The van der Waals surface area contributed by atoms with Crippen LogP contribution in [0, 0.1) is 23.7 Å². The van der Waals surface area contributed by atoms with Crippen LogP contribution in [0.4, 0.5) is 0 Å². The van der Waals surface area contributed by atoms with Crippen molar-refractivity contribution in [3.8, 4) is 0 Å². The lowest BCUT2D eigenvalue weighted by Crippen LogP contribution is -2.24. The molecule has 2 bridgehead atoms. The topological polar surface area (TPSA) is 34.1 Å². The van der Waals surface area contributed by atoms with Gasteiger partial charge < -0.3 is 0 Å². The minimum atomic E-state index is -0.243. The molecule has 0 heterocycles. The number of hydrogen-bond donors (Lipinski definition) is 0. The summed E-state index contributed by atoms with van der Waals surface area (Å²) in [7, 11) is 0. The van der Waals surface area contributed by atoms with Gasteiger partial charge in [0.1, 0.15) is 0 Å². The smallest absolute Gasteiger partial charge is 0.225 e. The van der Waals surface area contributed by atoms with Gasteiger partial charge in [-0.15, -0.1) is 0 Å². The summed E-state index contributed by atoms with van der Waals surface area (Å²) in [6.45, 7) is 0. The molecule has 2 saturated carbocycles. The van der Waals surface area contributed by atoms with Crippen LogP contribution in [0.1, 0.15) is 19.3 Å². The molecule has 0 spiro atoms. The lowest BCUT2D eigenvalue weighted by Gasteiger charge is -2.22. The van der Waals surface area contributed by atoms with Gasteiger partial charge in [0.05, 0.1) is 0 Å². The van der Waals surface area contributed by atoms with Gasteiger partial charge in [0.25, 0.3) is 0 Å². The number of carbonyl (C=O) groups is 2. The minimum Gasteiger partial charge on any atom is -0.281 e. The molecule has 2 nitrogen and oxygen atoms in total. The van der Waals surface area contributed by atoms with Crippen LogP contribution >= 0.6 is 23.2 Å². The zero-order valence-corrected chi connectivity index (χ0v) is 8.52. The van der Waals surface area contributed by atoms with E-state index in [9.17, 15) is 9.59 Å². The van der Waals surface area contributed by atoms with Gasteiger partial charge in [-0.3, -0.25) is 9.59 Å². The summed E-state index contributed by atoms with van der Waals surface area (Å²) in [6.07, 6.45) is 2.47. The molecule has 2 rings (SSSR count). The van der Waals surface area contributed by atoms with Crippen molar-refractivity contribution in [3.05, 3.63) is 0 Å². The second kappa shape index (κ2) is 3.25. The van der Waals surface area contributed by atoms with Crippen molar-refractivity contribution in [2.45, 2.75) is 19.3 Å². The van der Waals surface area contributed by atoms with Crippen LogP contribution in [0.3, 0.4) is 0 Å². The molecular formula is C9H10Cl2O2. The number of halogens is 2. The third-order valence-electron chi connectivity index (χ3n) is 3.44. The first-order chi connectivity index (χ1) is 6.09. The van der Waals surface area contributed by atoms with Gasteiger partial charge in [-0.1, -0.05) is 0 Å². The van der Waals surface area contributed by atoms with Crippen LogP contribution in [-0.4, -0.2) is 10.5 Å². The van der Waals surface area contributed by atoms with Crippen molar-refractivity contribution in [3.63, 3.8) is 0 Å². The molecule has 2 aliphatic carbocycles. The molecule has 0 radical (unpaired) electrons. The predicted octanol–water partition coefficient (Wildman–Crippen LogP) is 2.18. The second-order valence-corrected chi connectivity index (χ2v) is 4.79. The van der Waals surface area contributed by atoms with Crippen LogP contribution in [-0.2, 0) is 9.59 Å². The molecule has 0 N–H and O–H groups in total. The summed E-state index contributed by atoms with van der Waals surface area (Å²) in [5.41, 5.74) is 0. The van der Waals surface area contributed by atoms with E-state index in [0.29, 0.717) is 11.8 Å². The summed E-state index contributed by atoms with van der Waals surface area (Å²) < 4.78 is 0. The van der Waals surface area contributed by atoms with Crippen molar-refractivity contribution in [2.24, 2.45) is 23.7 Å². The fraction of sp³-hybridized carbons (Fsp3) is 0.778. The third kappa shape index (κ3) is 1.50. The maximum atomic E-state index is 11.0. The summed E-state index contributed by atoms with van der Waals surface area (Å²) >= 11 is 10.9. The quantitative estimate of drug-likeness (QED) is 0.669. The molecule has 0 saturated heterocycles. The standard InChI is InChI=1S/C9H10Cl2O2/c10-8(12)6-2-4-1-5(6)3-7(4)9(11)13/h4-7H,1-3H2. The van der Waals surface area contributed by atoms with E-state index in [2.05, 4.69) is 0 Å². The van der Waals surface area contributed by atoms with Crippen LogP contribution in [0.5, 0.6) is 0 Å². The highest BCUT2D eigenvalue weighted by molar-refractivity contribution is 6.64. The largest absolute Gasteiger partial charge is 0.281 e. The highest BCUT2D eigenvalue weighted by atomic mass is 35.5. The van der Waals surface area contributed by atoms with Gasteiger partial charge in [-0.25, -0.2) is 0 Å². The minimum absolute atomic E-state index is 0.0149. The molecule has 0 aromatic rings. The van der Waals surface area contributed by atoms with Crippen molar-refractivity contribution in [1.29, 1.82) is 0 Å². The second-order valence-electron chi connectivity index (χ2n) is 4.05. The highest BCUT2D eigenvalue weighted by Gasteiger charge is 2.49. The first kappa shape index (κ1) is 9.47. The fourth-order valence-electron chi connectivity index (χ4n) is 2.83. The average Bonchev–Trinajstić information content (AvgIpc) is 2.60. The van der Waals surface area contributed by atoms with Crippen LogP contribution in [0.25, 0.3) is 0 Å². The van der Waals surface area contributed by atoms with E-state index < -0.39 is 0 Å². The van der Waals surface area contributed by atoms with E-state index in [1.165, 1.54) is 0 Å². The zero-order chi connectivity index (χ0) is 9.59. The molecule has 0 aromatic carbocycles. The molecule has 2 fully saturated rings. The van der Waals surface area contributed by atoms with E-state index in [1.807, 2.05) is 0 Å². The maximum absolute atomic E-state index is 11.0. The summed E-state index contributed by atoms with van der Waals surface area (Å²) in [5.74, 6) is 0.586. The van der Waals surface area contributed by atoms with Crippen LogP contribution in [0.15, 0.2) is 0 Å². The lowest BCUT2D eigenvalue weighted by atomic mass is 9.83. The van der Waals surface area contributed by atoms with E-state index in [-0.39, 0.29) is 22.3 Å². The number of rotatable bonds is 2. The maximum Gasteiger partial charge on any atom is 0.225 e. The van der Waals surface area contributed by atoms with E-state index in [0.717, 1.165) is 19.3 Å². The Morgan fingerprint density at radius 3 is 1.46 bits per heavy atom. The molecule has 0 aliphatic heterocycles. The monoisotopic (exact) mass is 220 g/mol. The molecule has 4 unspecified atom stereocenters. The Morgan fingerprint density at radius 1 is 0.846 bits per heavy atom. The van der Waals surface area contributed by atoms with Gasteiger partial charge in [-0.2, -0.15) is 0 Å². The van der Waals surface area contributed by atoms with Gasteiger partial charge in [-0.05, 0) is 54.3 Å². The average molecular weight is 221 g/mol. The van der Waals surface area contributed by atoms with Crippen molar-refractivity contribution in [1.82, 2.24) is 0 Å². The number of fused-ring (bicyclic) bond motifs is 2. The van der Waals surface area contributed by atoms with Crippen molar-refractivity contribution >= 4 is 33.7 Å². The Balaban J connectivity index is 2.07. The first-order valence-corrected chi connectivity index (χ1v) is 5.24. The highest BCUT2D eigenvalue weighted by Crippen LogP contribution is 2.52. The molecule has 4 atom stereocenters. The van der Waals surface area contributed by atoms with Crippen molar-refractivity contribution < 1.29 is 9.59 Å². The van der Waals surface area contributed by atoms with Gasteiger partial charge >= 0.3 is 0 Å². The predicted molar refractivity (Wildman–Crippen MR) is 49.5 cm³/mol. The van der Waals surface area contributed by atoms with E-state index in [4.69, 9.17) is 23.2 Å². The lowest BCUT2D eigenvalue weighted by molar-refractivity contribution is -0.120. The van der Waals surface area contributed by atoms with Crippen LogP contribution in [0.2, 0.25) is 0 Å². The van der Waals surface area contributed by atoms with Gasteiger partial charge in [0.2, 0.25) is 10.5 Å². The summed E-state index contributed by atoms with van der Waals surface area (Å²) in [5, 5.41) is -0.485. The zero-order valence-electron chi connectivity index (χ0n) is 7.00. The molecule has 13 heavy (non-hydrogen) atoms. The molecule has 0 aromatic heterocycles. The number of carbonyl (C=O) groups excluding carboxylic acids is 2. The molecule has 4 heteroatoms. The summed E-state index contributed by atoms with van der Waals surface area (Å²) in [6, 6.07) is 0. The molecule has 72 valence electrons. The molecule has 0 amide bonds. The third-order valence-corrected chi connectivity index (χ3v) is 4.00. The summed E-state index contributed by atoms with van der Waals surface area (Å²) in [4.78, 5) is 21.9. The van der Waals surface area contributed by atoms with Crippen LogP contribution < -0.4 is 0 Å². The van der Waals surface area contributed by atoms with Crippen molar-refractivity contribution in [2.75, 3.05) is 0 Å². The molecule has 2 aliphatic rings. The van der Waals surface area contributed by atoms with Gasteiger partial charge in [0.15, 0.2) is 0 Å². The Morgan fingerprint density at radius 2 is 1.23 bits per heavy atom. The Kier molecular flexibility index (Phi) is 2.37. The Bertz CT molecular complexity index is 238. The fourth-order valence-corrected chi connectivity index (χ4v) is 3.37. The van der Waals surface area contributed by atoms with E-state index in [1.54, 1.807) is 0 Å². The Hall–Kier alpha value is -0.0800. The van der Waals surface area contributed by atoms with Gasteiger partial charge in [0, 0.05) is 11.8 Å². The first-order valence-electron chi connectivity index (χ1n) is 4.48. The van der Waals surface area contributed by atoms with E-state index >= 15 is 0 Å². The molecular weight excluding hydrogens is 211 g/mol.